The lowest BCUT2D eigenvalue weighted by atomic mass is 9.93. The zero-order valence-corrected chi connectivity index (χ0v) is 27.0. The fourth-order valence-corrected chi connectivity index (χ4v) is 8.83. The number of allylic oxidation sites excluding steroid dienone is 1. The van der Waals surface area contributed by atoms with Crippen molar-refractivity contribution in [3.63, 3.8) is 0 Å². The first-order valence-corrected chi connectivity index (χ1v) is 18.0. The van der Waals surface area contributed by atoms with Crippen LogP contribution in [0.1, 0.15) is 64.2 Å². The molecule has 3 aliphatic carbocycles. The first-order valence-electron chi connectivity index (χ1n) is 16.5. The smallest absolute Gasteiger partial charge is 0.411 e. The van der Waals surface area contributed by atoms with Gasteiger partial charge in [-0.1, -0.05) is 24.3 Å². The molecule has 0 spiro atoms. The molecule has 248 valence electrons. The molecule has 1 aromatic carbocycles. The third kappa shape index (κ3) is 6.72. The van der Waals surface area contributed by atoms with E-state index in [4.69, 9.17) is 4.74 Å². The highest BCUT2D eigenvalue weighted by Crippen LogP contribution is 2.50. The minimum Gasteiger partial charge on any atom is -0.446 e. The van der Waals surface area contributed by atoms with Crippen LogP contribution in [0.15, 0.2) is 42.0 Å². The van der Waals surface area contributed by atoms with Crippen molar-refractivity contribution < 1.29 is 32.3 Å². The number of sulfonamides is 1. The highest BCUT2D eigenvalue weighted by Gasteiger charge is 2.65. The highest BCUT2D eigenvalue weighted by atomic mass is 32.2. The molecule has 0 aromatic heterocycles. The monoisotopic (exact) mass is 653 g/mol. The highest BCUT2D eigenvalue weighted by molar-refractivity contribution is 7.90. The molecule has 12 nitrogen and oxygen atoms in total. The number of hydrogen-bond donors (Lipinski definition) is 3. The summed E-state index contributed by atoms with van der Waals surface area (Å²) in [6.45, 7) is 2.31. The largest absolute Gasteiger partial charge is 0.446 e. The molecule has 0 radical (unpaired) electrons. The standard InChI is InChI=1S/C33H43N5O7S/c1-37-16-8-3-2-5-11-26-27(21-39)33(26,36-46(43,44)23-14-15-23)35-30(40)24-19-22(20-25(24)31(37)41)45-32(42)34-28-12-6-7-13-29(28)38-17-9-4-10-18-38/h5-7,11-13,22-26,36H,2-4,8-10,14-20H2,1H3,(H,34,42)(H,35,40)/b11-5-. The van der Waals surface area contributed by atoms with Crippen molar-refractivity contribution in [2.45, 2.75) is 81.2 Å². The van der Waals surface area contributed by atoms with E-state index in [-0.39, 0.29) is 24.3 Å². The maximum Gasteiger partial charge on any atom is 0.411 e. The SMILES string of the molecule is CN1CCCC/C=C\C2C(=C=O)C2(NS(=O)(=O)C2CC2)NC(=O)C2CC(OC(=O)Nc3ccccc3N3CCCCC3)CC2C1=O. The number of carbonyl (C=O) groups excluding carboxylic acids is 4. The molecule has 5 aliphatic rings. The number of para-hydroxylation sites is 2. The second-order valence-electron chi connectivity index (χ2n) is 13.2. The van der Waals surface area contributed by atoms with E-state index in [2.05, 4.69) is 20.3 Å². The van der Waals surface area contributed by atoms with Crippen LogP contribution in [0.5, 0.6) is 0 Å². The van der Waals surface area contributed by atoms with Crippen LogP contribution in [0.4, 0.5) is 16.2 Å². The van der Waals surface area contributed by atoms with Gasteiger partial charge in [-0.2, -0.15) is 4.72 Å². The molecule has 1 aromatic rings. The van der Waals surface area contributed by atoms with Gasteiger partial charge < -0.3 is 19.9 Å². The number of nitrogens with one attached hydrogen (secondary N) is 3. The van der Waals surface area contributed by atoms with Crippen LogP contribution in [-0.2, 0) is 29.1 Å². The molecule has 3 saturated carbocycles. The molecule has 0 bridgehead atoms. The molecule has 2 heterocycles. The lowest BCUT2D eigenvalue weighted by molar-refractivity contribution is -0.140. The van der Waals surface area contributed by atoms with Crippen molar-refractivity contribution in [1.82, 2.24) is 14.9 Å². The fourth-order valence-electron chi connectivity index (χ4n) is 7.17. The summed E-state index contributed by atoms with van der Waals surface area (Å²) in [6, 6.07) is 7.56. The van der Waals surface area contributed by atoms with Crippen LogP contribution in [0.3, 0.4) is 0 Å². The van der Waals surface area contributed by atoms with Gasteiger partial charge >= 0.3 is 6.09 Å². The van der Waals surface area contributed by atoms with Crippen LogP contribution < -0.4 is 20.3 Å². The van der Waals surface area contributed by atoms with Crippen molar-refractivity contribution in [3.05, 3.63) is 42.0 Å². The molecular formula is C33H43N5O7S. The lowest BCUT2D eigenvalue weighted by Gasteiger charge is -2.30. The first kappa shape index (κ1) is 32.3. The van der Waals surface area contributed by atoms with Crippen LogP contribution in [0, 0.1) is 17.8 Å². The normalized spacial score (nSPS) is 31.1. The van der Waals surface area contributed by atoms with Gasteiger partial charge in [-0.25, -0.2) is 18.0 Å². The van der Waals surface area contributed by atoms with Gasteiger partial charge in [0.2, 0.25) is 21.8 Å². The summed E-state index contributed by atoms with van der Waals surface area (Å²) in [5.41, 5.74) is 0.0228. The number of piperidine rings is 1. The van der Waals surface area contributed by atoms with Gasteiger partial charge in [0, 0.05) is 26.7 Å². The third-order valence-electron chi connectivity index (χ3n) is 9.92. The van der Waals surface area contributed by atoms with Crippen LogP contribution in [-0.4, -0.2) is 80.9 Å². The Morgan fingerprint density at radius 3 is 2.48 bits per heavy atom. The van der Waals surface area contributed by atoms with Gasteiger partial charge in [0.1, 0.15) is 17.7 Å². The number of hydrogen-bond acceptors (Lipinski definition) is 8. The second-order valence-corrected chi connectivity index (χ2v) is 15.2. The molecule has 3 N–H and O–H groups in total. The average Bonchev–Trinajstić information content (AvgIpc) is 3.94. The molecule has 2 aliphatic heterocycles. The van der Waals surface area contributed by atoms with E-state index in [0.717, 1.165) is 44.5 Å². The summed E-state index contributed by atoms with van der Waals surface area (Å²) in [7, 11) is -2.11. The van der Waals surface area contributed by atoms with E-state index < -0.39 is 56.8 Å². The van der Waals surface area contributed by atoms with Crippen LogP contribution in [0.25, 0.3) is 0 Å². The average molecular weight is 654 g/mol. The van der Waals surface area contributed by atoms with Gasteiger partial charge in [0.05, 0.1) is 40.0 Å². The van der Waals surface area contributed by atoms with E-state index in [1.165, 1.54) is 6.42 Å². The third-order valence-corrected chi connectivity index (χ3v) is 11.9. The van der Waals surface area contributed by atoms with E-state index in [9.17, 15) is 27.6 Å². The van der Waals surface area contributed by atoms with E-state index >= 15 is 0 Å². The van der Waals surface area contributed by atoms with Crippen molar-refractivity contribution in [2.75, 3.05) is 36.9 Å². The Morgan fingerprint density at radius 2 is 1.74 bits per heavy atom. The Bertz CT molecular complexity index is 1550. The van der Waals surface area contributed by atoms with Gasteiger partial charge in [0.15, 0.2) is 0 Å². The summed E-state index contributed by atoms with van der Waals surface area (Å²) in [5, 5.41) is 5.11. The number of amides is 3. The summed E-state index contributed by atoms with van der Waals surface area (Å²) in [4.78, 5) is 56.7. The first-order chi connectivity index (χ1) is 22.1. The molecule has 13 heteroatoms. The number of fused-ring (bicyclic) bond motifs is 2. The molecule has 1 saturated heterocycles. The second kappa shape index (κ2) is 13.2. The lowest BCUT2D eigenvalue weighted by Crippen LogP contribution is -2.55. The topological polar surface area (TPSA) is 154 Å². The summed E-state index contributed by atoms with van der Waals surface area (Å²) in [5.74, 6) is -1.33. The number of benzene rings is 1. The predicted molar refractivity (Wildman–Crippen MR) is 172 cm³/mol. The van der Waals surface area contributed by atoms with E-state index in [1.54, 1.807) is 18.0 Å². The maximum absolute atomic E-state index is 14.0. The van der Waals surface area contributed by atoms with Crippen LogP contribution >= 0.6 is 0 Å². The fraction of sp³-hybridized carbons (Fsp3) is 0.606. The van der Waals surface area contributed by atoms with Crippen molar-refractivity contribution in [3.8, 4) is 0 Å². The number of nitrogens with zero attached hydrogens (tertiary/aromatic N) is 2. The summed E-state index contributed by atoms with van der Waals surface area (Å²) in [6.07, 6.45) is 8.98. The minimum absolute atomic E-state index is 0.0728. The Kier molecular flexibility index (Phi) is 9.27. The number of carbonyl (C=O) groups is 3. The Balaban J connectivity index is 1.21. The van der Waals surface area contributed by atoms with Gasteiger partial charge in [-0.15, -0.1) is 0 Å². The molecule has 5 atom stereocenters. The maximum atomic E-state index is 14.0. The zero-order chi connectivity index (χ0) is 32.5. The number of rotatable bonds is 6. The van der Waals surface area contributed by atoms with Gasteiger partial charge in [-0.05, 0) is 76.3 Å². The molecule has 5 unspecified atom stereocenters. The van der Waals surface area contributed by atoms with Crippen molar-refractivity contribution >= 4 is 45.2 Å². The quantitative estimate of drug-likeness (QED) is 0.313. The van der Waals surface area contributed by atoms with E-state index in [0.29, 0.717) is 31.5 Å². The molecule has 4 fully saturated rings. The molecule has 3 amide bonds. The van der Waals surface area contributed by atoms with Crippen molar-refractivity contribution in [1.29, 1.82) is 0 Å². The number of ether oxygens (including phenoxy) is 1. The Labute approximate surface area is 270 Å². The minimum atomic E-state index is -3.81. The van der Waals surface area contributed by atoms with Gasteiger partial charge in [0.25, 0.3) is 0 Å². The molecular weight excluding hydrogens is 610 g/mol. The predicted octanol–water partition coefficient (Wildman–Crippen LogP) is 3.10. The molecule has 6 rings (SSSR count). The Morgan fingerprint density at radius 1 is 1.02 bits per heavy atom. The van der Waals surface area contributed by atoms with Crippen LogP contribution in [0.2, 0.25) is 0 Å². The van der Waals surface area contributed by atoms with Crippen molar-refractivity contribution in [2.24, 2.45) is 17.8 Å². The zero-order valence-electron chi connectivity index (χ0n) is 26.2. The summed E-state index contributed by atoms with van der Waals surface area (Å²) < 4.78 is 34.5. The van der Waals surface area contributed by atoms with Gasteiger partial charge in [-0.3, -0.25) is 14.9 Å². The number of anilines is 2. The summed E-state index contributed by atoms with van der Waals surface area (Å²) >= 11 is 0. The molecule has 46 heavy (non-hydrogen) atoms. The Hall–Kier alpha value is -3.67. The van der Waals surface area contributed by atoms with E-state index in [1.807, 2.05) is 36.3 Å².